The highest BCUT2D eigenvalue weighted by Crippen LogP contribution is 2.27. The monoisotopic (exact) mass is 412 g/mol. The number of nitrogens with one attached hydrogen (secondary N) is 3. The van der Waals surface area contributed by atoms with Crippen molar-refractivity contribution in [2.75, 3.05) is 0 Å². The van der Waals surface area contributed by atoms with Crippen LogP contribution in [0.25, 0.3) is 11.3 Å². The molecule has 0 atom stereocenters. The molecule has 0 aliphatic heterocycles. The minimum absolute atomic E-state index is 0.0729. The molecule has 2 amide bonds. The van der Waals surface area contributed by atoms with Gasteiger partial charge in [-0.05, 0) is 24.3 Å². The Morgan fingerprint density at radius 3 is 2.50 bits per heavy atom. The van der Waals surface area contributed by atoms with Crippen LogP contribution in [-0.4, -0.2) is 31.8 Å². The SMILES string of the molecule is O=C(Cn1ccc(C(F)(F)F)n1)NNC(=O)c1cc(-c2ccc(Cl)cc2)n[nH]1. The third kappa shape index (κ3) is 4.68. The minimum atomic E-state index is -4.60. The van der Waals surface area contributed by atoms with E-state index in [1.807, 2.05) is 0 Å². The molecule has 0 saturated heterocycles. The number of hydrogen-bond donors (Lipinski definition) is 3. The first-order valence-corrected chi connectivity index (χ1v) is 8.11. The first kappa shape index (κ1) is 19.4. The normalized spacial score (nSPS) is 11.3. The summed E-state index contributed by atoms with van der Waals surface area (Å²) in [5.41, 5.74) is 4.40. The molecule has 2 aromatic heterocycles. The number of nitrogens with zero attached hydrogens (tertiary/aromatic N) is 3. The van der Waals surface area contributed by atoms with Crippen LogP contribution in [0, 0.1) is 0 Å². The molecule has 3 aromatic rings. The third-order valence-corrected chi connectivity index (χ3v) is 3.77. The molecule has 0 aliphatic carbocycles. The van der Waals surface area contributed by atoms with Crippen molar-refractivity contribution >= 4 is 23.4 Å². The molecule has 0 unspecified atom stereocenters. The summed E-state index contributed by atoms with van der Waals surface area (Å²) in [6, 6.07) is 9.00. The molecule has 146 valence electrons. The number of halogens is 4. The van der Waals surface area contributed by atoms with Gasteiger partial charge >= 0.3 is 6.18 Å². The van der Waals surface area contributed by atoms with Gasteiger partial charge in [0.05, 0.1) is 5.69 Å². The Hall–Kier alpha value is -3.34. The van der Waals surface area contributed by atoms with Crippen LogP contribution in [0.4, 0.5) is 13.2 Å². The van der Waals surface area contributed by atoms with Crippen LogP contribution < -0.4 is 10.9 Å². The number of carbonyl (C=O) groups is 2. The second kappa shape index (κ2) is 7.72. The molecule has 0 bridgehead atoms. The lowest BCUT2D eigenvalue weighted by molar-refractivity contribution is -0.141. The first-order valence-electron chi connectivity index (χ1n) is 7.73. The van der Waals surface area contributed by atoms with Crippen molar-refractivity contribution < 1.29 is 22.8 Å². The van der Waals surface area contributed by atoms with Gasteiger partial charge in [-0.25, -0.2) is 0 Å². The summed E-state index contributed by atoms with van der Waals surface area (Å²) < 4.78 is 38.2. The minimum Gasteiger partial charge on any atom is -0.272 e. The molecule has 3 N–H and O–H groups in total. The quantitative estimate of drug-likeness (QED) is 0.572. The van der Waals surface area contributed by atoms with Gasteiger partial charge in [0.15, 0.2) is 5.69 Å². The number of rotatable bonds is 4. The van der Waals surface area contributed by atoms with Gasteiger partial charge < -0.3 is 0 Å². The molecular weight excluding hydrogens is 401 g/mol. The van der Waals surface area contributed by atoms with Gasteiger partial charge in [-0.2, -0.15) is 23.4 Å². The molecule has 28 heavy (non-hydrogen) atoms. The number of alkyl halides is 3. The Morgan fingerprint density at radius 2 is 1.86 bits per heavy atom. The van der Waals surface area contributed by atoms with Gasteiger partial charge in [0.25, 0.3) is 11.8 Å². The van der Waals surface area contributed by atoms with Crippen LogP contribution in [0.3, 0.4) is 0 Å². The lowest BCUT2D eigenvalue weighted by Gasteiger charge is -2.06. The van der Waals surface area contributed by atoms with Gasteiger partial charge in [-0.1, -0.05) is 23.7 Å². The van der Waals surface area contributed by atoms with E-state index in [0.29, 0.717) is 10.7 Å². The Balaban J connectivity index is 1.54. The number of benzene rings is 1. The Morgan fingerprint density at radius 1 is 1.14 bits per heavy atom. The lowest BCUT2D eigenvalue weighted by Crippen LogP contribution is -2.43. The number of aromatic nitrogens is 4. The highest BCUT2D eigenvalue weighted by molar-refractivity contribution is 6.30. The first-order chi connectivity index (χ1) is 13.2. The van der Waals surface area contributed by atoms with Crippen LogP contribution >= 0.6 is 11.6 Å². The largest absolute Gasteiger partial charge is 0.435 e. The maximum Gasteiger partial charge on any atom is 0.435 e. The number of hydrazine groups is 1. The van der Waals surface area contributed by atoms with E-state index >= 15 is 0 Å². The van der Waals surface area contributed by atoms with Crippen molar-refractivity contribution in [3.63, 3.8) is 0 Å². The van der Waals surface area contributed by atoms with E-state index in [1.54, 1.807) is 24.3 Å². The van der Waals surface area contributed by atoms with Crippen molar-refractivity contribution in [3.05, 3.63) is 59.0 Å². The summed E-state index contributed by atoms with van der Waals surface area (Å²) in [6.07, 6.45) is -3.59. The lowest BCUT2D eigenvalue weighted by atomic mass is 10.1. The van der Waals surface area contributed by atoms with Crippen molar-refractivity contribution in [2.24, 2.45) is 0 Å². The number of hydrogen-bond acceptors (Lipinski definition) is 4. The highest BCUT2D eigenvalue weighted by Gasteiger charge is 2.33. The fourth-order valence-corrected chi connectivity index (χ4v) is 2.31. The standard InChI is InChI=1S/C16H12ClF3N6O2/c17-10-3-1-9(2-4-10)11-7-12(22-21-11)15(28)24-23-14(27)8-26-6-5-13(25-26)16(18,19)20/h1-7H,8H2,(H,21,22)(H,23,27)(H,24,28). The van der Waals surface area contributed by atoms with E-state index in [9.17, 15) is 22.8 Å². The van der Waals surface area contributed by atoms with E-state index in [-0.39, 0.29) is 5.69 Å². The summed E-state index contributed by atoms with van der Waals surface area (Å²) in [5, 5.41) is 10.3. The van der Waals surface area contributed by atoms with Crippen LogP contribution in [0.5, 0.6) is 0 Å². The zero-order valence-electron chi connectivity index (χ0n) is 13.9. The third-order valence-electron chi connectivity index (χ3n) is 3.51. The topological polar surface area (TPSA) is 105 Å². The van der Waals surface area contributed by atoms with Gasteiger partial charge in [0, 0.05) is 16.8 Å². The van der Waals surface area contributed by atoms with E-state index in [4.69, 9.17) is 11.6 Å². The number of H-pyrrole nitrogens is 1. The number of amides is 2. The van der Waals surface area contributed by atoms with Crippen LogP contribution in [0.15, 0.2) is 42.6 Å². The zero-order valence-corrected chi connectivity index (χ0v) is 14.7. The Bertz CT molecular complexity index is 996. The maximum atomic E-state index is 12.5. The summed E-state index contributed by atoms with van der Waals surface area (Å²) in [6.45, 7) is -0.505. The van der Waals surface area contributed by atoms with E-state index in [0.717, 1.165) is 22.5 Å². The van der Waals surface area contributed by atoms with Crippen molar-refractivity contribution in [1.82, 2.24) is 30.8 Å². The summed E-state index contributed by atoms with van der Waals surface area (Å²) in [7, 11) is 0. The van der Waals surface area contributed by atoms with Crippen molar-refractivity contribution in [2.45, 2.75) is 12.7 Å². The molecule has 3 rings (SSSR count). The van der Waals surface area contributed by atoms with Crippen LogP contribution in [-0.2, 0) is 17.5 Å². The molecule has 2 heterocycles. The van der Waals surface area contributed by atoms with Crippen molar-refractivity contribution in [1.29, 1.82) is 0 Å². The second-order valence-electron chi connectivity index (χ2n) is 5.57. The second-order valence-corrected chi connectivity index (χ2v) is 6.01. The fraction of sp³-hybridized carbons (Fsp3) is 0.125. The van der Waals surface area contributed by atoms with Gasteiger partial charge in [-0.3, -0.25) is 30.2 Å². The Kier molecular flexibility index (Phi) is 5.36. The number of aromatic amines is 1. The smallest absolute Gasteiger partial charge is 0.272 e. The summed E-state index contributed by atoms with van der Waals surface area (Å²) >= 11 is 5.81. The van der Waals surface area contributed by atoms with E-state index in [1.165, 1.54) is 6.07 Å². The molecule has 0 radical (unpaired) electrons. The molecule has 0 spiro atoms. The highest BCUT2D eigenvalue weighted by atomic mass is 35.5. The van der Waals surface area contributed by atoms with Crippen LogP contribution in [0.1, 0.15) is 16.2 Å². The fourth-order valence-electron chi connectivity index (χ4n) is 2.19. The molecule has 8 nitrogen and oxygen atoms in total. The Labute approximate surface area is 160 Å². The van der Waals surface area contributed by atoms with Gasteiger partial charge in [0.2, 0.25) is 0 Å². The van der Waals surface area contributed by atoms with Gasteiger partial charge in [0.1, 0.15) is 12.2 Å². The summed E-state index contributed by atoms with van der Waals surface area (Å²) in [4.78, 5) is 23.8. The summed E-state index contributed by atoms with van der Waals surface area (Å²) in [5.74, 6) is -1.44. The van der Waals surface area contributed by atoms with Crippen molar-refractivity contribution in [3.8, 4) is 11.3 Å². The molecule has 0 fully saturated rings. The molecular formula is C16H12ClF3N6O2. The predicted octanol–water partition coefficient (Wildman–Crippen LogP) is 2.41. The van der Waals surface area contributed by atoms with E-state index < -0.39 is 30.2 Å². The van der Waals surface area contributed by atoms with Gasteiger partial charge in [-0.15, -0.1) is 0 Å². The van der Waals surface area contributed by atoms with Crippen LogP contribution in [0.2, 0.25) is 5.02 Å². The average Bonchev–Trinajstić information content (AvgIpc) is 3.29. The number of carbonyl (C=O) groups excluding carboxylic acids is 2. The molecule has 0 saturated carbocycles. The van der Waals surface area contributed by atoms with E-state index in [2.05, 4.69) is 26.1 Å². The molecule has 0 aliphatic rings. The molecule has 12 heteroatoms. The average molecular weight is 413 g/mol. The maximum absolute atomic E-state index is 12.5. The predicted molar refractivity (Wildman–Crippen MR) is 91.9 cm³/mol. The molecule has 1 aromatic carbocycles. The zero-order chi connectivity index (χ0) is 20.3.